The molecule has 0 saturated heterocycles. The zero-order valence-corrected chi connectivity index (χ0v) is 14.0. The van der Waals surface area contributed by atoms with Crippen LogP contribution in [0.4, 0.5) is 19.1 Å². The molecule has 0 radical (unpaired) electrons. The van der Waals surface area contributed by atoms with Crippen LogP contribution in [0.5, 0.6) is 0 Å². The molecule has 4 aromatic rings. The standard InChI is InChI=1S/C17H14F3N7/c18-17(19,20)16(4-5-16)10-23-15-22-9-13-11(3-7-26(13)25-15)12-1-2-14-21-6-8-27(14)24-12/h1-3,6-9H,4-5,10H2,(H,23,25). The lowest BCUT2D eigenvalue weighted by Crippen LogP contribution is -2.32. The van der Waals surface area contributed by atoms with Gasteiger partial charge in [0.1, 0.15) is 0 Å². The molecule has 4 heterocycles. The molecule has 0 aliphatic heterocycles. The van der Waals surface area contributed by atoms with E-state index < -0.39 is 11.6 Å². The van der Waals surface area contributed by atoms with E-state index in [-0.39, 0.29) is 25.3 Å². The average molecular weight is 373 g/mol. The number of hydrogen-bond donors (Lipinski definition) is 1. The van der Waals surface area contributed by atoms with Gasteiger partial charge in [0, 0.05) is 30.7 Å². The maximum atomic E-state index is 13.0. The Balaban J connectivity index is 1.43. The second-order valence-electron chi connectivity index (χ2n) is 6.72. The molecule has 10 heteroatoms. The minimum absolute atomic E-state index is 0.141. The van der Waals surface area contributed by atoms with Gasteiger partial charge in [-0.15, -0.1) is 5.10 Å². The van der Waals surface area contributed by atoms with Gasteiger partial charge in [-0.25, -0.2) is 19.0 Å². The van der Waals surface area contributed by atoms with Crippen molar-refractivity contribution in [3.8, 4) is 11.3 Å². The molecule has 0 aromatic carbocycles. The molecule has 0 unspecified atom stereocenters. The van der Waals surface area contributed by atoms with Crippen LogP contribution in [0.25, 0.3) is 22.4 Å². The average Bonchev–Trinajstić information content (AvgIpc) is 3.12. The van der Waals surface area contributed by atoms with Crippen LogP contribution in [0.1, 0.15) is 12.8 Å². The number of nitrogens with zero attached hydrogens (tertiary/aromatic N) is 6. The molecule has 0 atom stereocenters. The summed E-state index contributed by atoms with van der Waals surface area (Å²) in [4.78, 5) is 8.33. The summed E-state index contributed by atoms with van der Waals surface area (Å²) in [6.07, 6.45) is 2.81. The van der Waals surface area contributed by atoms with Crippen molar-refractivity contribution in [1.29, 1.82) is 0 Å². The monoisotopic (exact) mass is 373 g/mol. The predicted molar refractivity (Wildman–Crippen MR) is 91.2 cm³/mol. The Kier molecular flexibility index (Phi) is 3.22. The van der Waals surface area contributed by atoms with Crippen molar-refractivity contribution in [3.63, 3.8) is 0 Å². The zero-order valence-electron chi connectivity index (χ0n) is 14.0. The van der Waals surface area contributed by atoms with Gasteiger partial charge in [0.2, 0.25) is 5.95 Å². The van der Waals surface area contributed by atoms with Crippen molar-refractivity contribution in [2.45, 2.75) is 19.0 Å². The quantitative estimate of drug-likeness (QED) is 0.595. The molecule has 1 fully saturated rings. The maximum Gasteiger partial charge on any atom is 0.396 e. The number of anilines is 1. The van der Waals surface area contributed by atoms with Gasteiger partial charge in [0.05, 0.1) is 22.8 Å². The number of nitrogens with one attached hydrogen (secondary N) is 1. The lowest BCUT2D eigenvalue weighted by Gasteiger charge is -2.19. The second-order valence-corrected chi connectivity index (χ2v) is 6.72. The lowest BCUT2D eigenvalue weighted by atomic mass is 10.1. The maximum absolute atomic E-state index is 13.0. The number of alkyl halides is 3. The molecule has 138 valence electrons. The van der Waals surface area contributed by atoms with Gasteiger partial charge in [-0.1, -0.05) is 0 Å². The SMILES string of the molecule is FC(F)(F)C1(CNc2ncc3c(-c4ccc5nccn5n4)ccn3n2)CC1. The van der Waals surface area contributed by atoms with Crippen LogP contribution in [-0.4, -0.2) is 41.9 Å². The third-order valence-electron chi connectivity index (χ3n) is 4.99. The van der Waals surface area contributed by atoms with Crippen LogP contribution in [0.2, 0.25) is 0 Å². The largest absolute Gasteiger partial charge is 0.396 e. The minimum atomic E-state index is -4.21. The van der Waals surface area contributed by atoms with E-state index in [4.69, 9.17) is 0 Å². The summed E-state index contributed by atoms with van der Waals surface area (Å²) < 4.78 is 42.3. The van der Waals surface area contributed by atoms with Crippen LogP contribution in [-0.2, 0) is 0 Å². The number of aromatic nitrogens is 6. The normalized spacial score (nSPS) is 16.1. The van der Waals surface area contributed by atoms with E-state index in [1.54, 1.807) is 33.8 Å². The fourth-order valence-corrected chi connectivity index (χ4v) is 3.12. The molecule has 1 aliphatic rings. The van der Waals surface area contributed by atoms with Gasteiger partial charge in [-0.2, -0.15) is 18.3 Å². The third-order valence-corrected chi connectivity index (χ3v) is 4.99. The van der Waals surface area contributed by atoms with Gasteiger partial charge in [0.25, 0.3) is 0 Å². The van der Waals surface area contributed by atoms with Crippen molar-refractivity contribution in [2.75, 3.05) is 11.9 Å². The Morgan fingerprint density at radius 2 is 1.89 bits per heavy atom. The Bertz CT molecular complexity index is 1140. The summed E-state index contributed by atoms with van der Waals surface area (Å²) in [5, 5.41) is 11.5. The molecular weight excluding hydrogens is 359 g/mol. The number of rotatable bonds is 4. The Morgan fingerprint density at radius 3 is 2.67 bits per heavy atom. The first kappa shape index (κ1) is 16.0. The fraction of sp³-hybridized carbons (Fsp3) is 0.294. The van der Waals surface area contributed by atoms with Crippen molar-refractivity contribution in [1.82, 2.24) is 29.2 Å². The summed E-state index contributed by atoms with van der Waals surface area (Å²) in [6, 6.07) is 5.55. The molecule has 1 N–H and O–H groups in total. The predicted octanol–water partition coefficient (Wildman–Crippen LogP) is 3.19. The molecule has 0 spiro atoms. The number of fused-ring (bicyclic) bond motifs is 2. The summed E-state index contributed by atoms with van der Waals surface area (Å²) in [7, 11) is 0. The molecule has 0 amide bonds. The molecular formula is C17H14F3N7. The second kappa shape index (κ2) is 5.41. The van der Waals surface area contributed by atoms with Crippen molar-refractivity contribution in [3.05, 3.63) is 43.0 Å². The first-order valence-electron chi connectivity index (χ1n) is 8.41. The molecule has 5 rings (SSSR count). The van der Waals surface area contributed by atoms with E-state index in [9.17, 15) is 13.2 Å². The Hall–Kier alpha value is -3.17. The smallest absolute Gasteiger partial charge is 0.352 e. The van der Waals surface area contributed by atoms with E-state index >= 15 is 0 Å². The van der Waals surface area contributed by atoms with E-state index in [2.05, 4.69) is 25.5 Å². The number of halogens is 3. The van der Waals surface area contributed by atoms with Gasteiger partial charge in [-0.3, -0.25) is 0 Å². The van der Waals surface area contributed by atoms with Crippen LogP contribution >= 0.6 is 0 Å². The topological polar surface area (TPSA) is 72.4 Å². The lowest BCUT2D eigenvalue weighted by molar-refractivity contribution is -0.182. The van der Waals surface area contributed by atoms with E-state index in [0.29, 0.717) is 5.52 Å². The van der Waals surface area contributed by atoms with Crippen molar-refractivity contribution in [2.24, 2.45) is 5.41 Å². The van der Waals surface area contributed by atoms with Crippen LogP contribution in [0, 0.1) is 5.41 Å². The minimum Gasteiger partial charge on any atom is -0.352 e. The van der Waals surface area contributed by atoms with Gasteiger partial charge in [-0.05, 0) is 31.0 Å². The van der Waals surface area contributed by atoms with Crippen LogP contribution < -0.4 is 5.32 Å². The highest BCUT2D eigenvalue weighted by Crippen LogP contribution is 2.57. The van der Waals surface area contributed by atoms with Crippen LogP contribution in [0.15, 0.2) is 43.0 Å². The first-order chi connectivity index (χ1) is 13.0. The fourth-order valence-electron chi connectivity index (χ4n) is 3.12. The number of imidazole rings is 1. The van der Waals surface area contributed by atoms with E-state index in [0.717, 1.165) is 16.9 Å². The summed E-state index contributed by atoms with van der Waals surface area (Å²) >= 11 is 0. The summed E-state index contributed by atoms with van der Waals surface area (Å²) in [5.74, 6) is 0.165. The highest BCUT2D eigenvalue weighted by molar-refractivity contribution is 5.78. The molecule has 1 aliphatic carbocycles. The Labute approximate surface area is 150 Å². The highest BCUT2D eigenvalue weighted by Gasteiger charge is 2.62. The van der Waals surface area contributed by atoms with Gasteiger partial charge in [0.15, 0.2) is 5.65 Å². The molecule has 1 saturated carbocycles. The molecule has 4 aromatic heterocycles. The number of hydrogen-bond acceptors (Lipinski definition) is 5. The van der Waals surface area contributed by atoms with E-state index in [1.807, 2.05) is 18.2 Å². The highest BCUT2D eigenvalue weighted by atomic mass is 19.4. The molecule has 7 nitrogen and oxygen atoms in total. The van der Waals surface area contributed by atoms with Crippen molar-refractivity contribution >= 4 is 17.1 Å². The molecule has 27 heavy (non-hydrogen) atoms. The zero-order chi connectivity index (χ0) is 18.6. The molecule has 0 bridgehead atoms. The van der Waals surface area contributed by atoms with Crippen molar-refractivity contribution < 1.29 is 13.2 Å². The summed E-state index contributed by atoms with van der Waals surface area (Å²) in [5.41, 5.74) is 1.36. The third kappa shape index (κ3) is 2.59. The first-order valence-corrected chi connectivity index (χ1v) is 8.41. The van der Waals surface area contributed by atoms with Gasteiger partial charge < -0.3 is 5.32 Å². The van der Waals surface area contributed by atoms with Gasteiger partial charge >= 0.3 is 6.18 Å². The van der Waals surface area contributed by atoms with E-state index in [1.165, 1.54) is 0 Å². The Morgan fingerprint density at radius 1 is 1.04 bits per heavy atom. The van der Waals surface area contributed by atoms with Crippen LogP contribution in [0.3, 0.4) is 0 Å². The summed E-state index contributed by atoms with van der Waals surface area (Å²) in [6.45, 7) is -0.213.